The van der Waals surface area contributed by atoms with Crippen LogP contribution in [-0.4, -0.2) is 18.1 Å². The van der Waals surface area contributed by atoms with Crippen molar-refractivity contribution in [2.45, 2.75) is 6.61 Å². The Balaban J connectivity index is 1.81. The molecule has 0 aliphatic heterocycles. The molecule has 0 amide bonds. The summed E-state index contributed by atoms with van der Waals surface area (Å²) in [4.78, 5) is 15.9. The molecule has 0 atom stereocenters. The number of carbonyl (C=O) groups excluding carboxylic acids is 1. The van der Waals surface area contributed by atoms with E-state index in [4.69, 9.17) is 9.47 Å². The van der Waals surface area contributed by atoms with E-state index in [1.165, 1.54) is 7.11 Å². The fourth-order valence-electron chi connectivity index (χ4n) is 2.27. The summed E-state index contributed by atoms with van der Waals surface area (Å²) in [6, 6.07) is 16.8. The summed E-state index contributed by atoms with van der Waals surface area (Å²) < 4.78 is 10.5. The van der Waals surface area contributed by atoms with Gasteiger partial charge in [0.15, 0.2) is 0 Å². The highest BCUT2D eigenvalue weighted by molar-refractivity contribution is 5.89. The number of methoxy groups -OCH3 is 1. The number of aromatic nitrogens is 1. The third kappa shape index (κ3) is 2.91. The van der Waals surface area contributed by atoms with Crippen molar-refractivity contribution < 1.29 is 14.3 Å². The number of hydrogen-bond acceptors (Lipinski definition) is 4. The minimum absolute atomic E-state index is 0.375. The molecule has 3 rings (SSSR count). The Morgan fingerprint density at radius 2 is 1.95 bits per heavy atom. The fourth-order valence-corrected chi connectivity index (χ4v) is 2.27. The van der Waals surface area contributed by atoms with Gasteiger partial charge < -0.3 is 9.47 Å². The third-order valence-corrected chi connectivity index (χ3v) is 3.39. The summed E-state index contributed by atoms with van der Waals surface area (Å²) in [5.41, 5.74) is 2.46. The molecule has 0 fully saturated rings. The lowest BCUT2D eigenvalue weighted by atomic mass is 10.1. The quantitative estimate of drug-likeness (QED) is 0.690. The molecular formula is C18H15NO3. The topological polar surface area (TPSA) is 48.4 Å². The van der Waals surface area contributed by atoms with Crippen LogP contribution in [0.4, 0.5) is 0 Å². The highest BCUT2D eigenvalue weighted by atomic mass is 16.5. The summed E-state index contributed by atoms with van der Waals surface area (Å²) in [5.74, 6) is 0.253. The maximum atomic E-state index is 11.5. The number of pyridine rings is 1. The second kappa shape index (κ2) is 6.26. The summed E-state index contributed by atoms with van der Waals surface area (Å²) in [7, 11) is 1.36. The molecule has 0 aliphatic carbocycles. The zero-order valence-corrected chi connectivity index (χ0v) is 12.2. The first-order valence-corrected chi connectivity index (χ1v) is 6.92. The van der Waals surface area contributed by atoms with Crippen molar-refractivity contribution in [1.82, 2.24) is 4.98 Å². The number of hydrogen-bond donors (Lipinski definition) is 0. The standard InChI is InChI=1S/C18H15NO3/c1-21-18(20)13-5-4-6-15(11-13)22-12-14-9-10-19-17-8-3-2-7-16(14)17/h2-11H,12H2,1H3. The van der Waals surface area contributed by atoms with E-state index in [1.807, 2.05) is 36.4 Å². The highest BCUT2D eigenvalue weighted by Crippen LogP contribution is 2.20. The second-order valence-electron chi connectivity index (χ2n) is 4.80. The maximum absolute atomic E-state index is 11.5. The number of rotatable bonds is 4. The van der Waals surface area contributed by atoms with Crippen molar-refractivity contribution in [2.24, 2.45) is 0 Å². The van der Waals surface area contributed by atoms with Gasteiger partial charge in [-0.05, 0) is 30.3 Å². The molecule has 0 saturated heterocycles. The van der Waals surface area contributed by atoms with E-state index in [1.54, 1.807) is 24.4 Å². The number of ether oxygens (including phenoxy) is 2. The zero-order valence-electron chi connectivity index (χ0n) is 12.2. The van der Waals surface area contributed by atoms with Gasteiger partial charge in [0.05, 0.1) is 18.2 Å². The highest BCUT2D eigenvalue weighted by Gasteiger charge is 2.07. The van der Waals surface area contributed by atoms with E-state index >= 15 is 0 Å². The van der Waals surface area contributed by atoms with Gasteiger partial charge in [0, 0.05) is 17.1 Å². The van der Waals surface area contributed by atoms with Crippen LogP contribution >= 0.6 is 0 Å². The minimum atomic E-state index is -0.375. The Kier molecular flexibility index (Phi) is 4.01. The molecule has 0 radical (unpaired) electrons. The number of nitrogens with zero attached hydrogens (tertiary/aromatic N) is 1. The predicted octanol–water partition coefficient (Wildman–Crippen LogP) is 3.60. The average molecular weight is 293 g/mol. The lowest BCUT2D eigenvalue weighted by Gasteiger charge is -2.09. The fraction of sp³-hybridized carbons (Fsp3) is 0.111. The second-order valence-corrected chi connectivity index (χ2v) is 4.80. The van der Waals surface area contributed by atoms with E-state index in [2.05, 4.69) is 4.98 Å². The molecule has 0 spiro atoms. The number of carbonyl (C=O) groups is 1. The smallest absolute Gasteiger partial charge is 0.337 e. The number of fused-ring (bicyclic) bond motifs is 1. The van der Waals surface area contributed by atoms with E-state index in [0.29, 0.717) is 17.9 Å². The summed E-state index contributed by atoms with van der Waals surface area (Å²) in [5, 5.41) is 1.06. The summed E-state index contributed by atoms with van der Waals surface area (Å²) in [6.45, 7) is 0.410. The molecule has 4 nitrogen and oxygen atoms in total. The summed E-state index contributed by atoms with van der Waals surface area (Å²) >= 11 is 0. The van der Waals surface area contributed by atoms with Gasteiger partial charge in [0.25, 0.3) is 0 Å². The molecule has 0 saturated carbocycles. The van der Waals surface area contributed by atoms with E-state index < -0.39 is 0 Å². The molecule has 4 heteroatoms. The van der Waals surface area contributed by atoms with Gasteiger partial charge in [0.2, 0.25) is 0 Å². The first kappa shape index (κ1) is 14.1. The van der Waals surface area contributed by atoms with Crippen LogP contribution in [0.15, 0.2) is 60.8 Å². The average Bonchev–Trinajstić information content (AvgIpc) is 2.59. The lowest BCUT2D eigenvalue weighted by Crippen LogP contribution is -2.02. The van der Waals surface area contributed by atoms with Gasteiger partial charge in [-0.3, -0.25) is 4.98 Å². The van der Waals surface area contributed by atoms with Crippen LogP contribution in [0.1, 0.15) is 15.9 Å². The van der Waals surface area contributed by atoms with Gasteiger partial charge in [-0.25, -0.2) is 4.79 Å². The minimum Gasteiger partial charge on any atom is -0.489 e. The monoisotopic (exact) mass is 293 g/mol. The molecule has 0 aliphatic rings. The molecule has 2 aromatic carbocycles. The Morgan fingerprint density at radius 3 is 2.82 bits per heavy atom. The van der Waals surface area contributed by atoms with Crippen molar-refractivity contribution >= 4 is 16.9 Å². The van der Waals surface area contributed by atoms with E-state index in [9.17, 15) is 4.79 Å². The number of benzene rings is 2. The third-order valence-electron chi connectivity index (χ3n) is 3.39. The van der Waals surface area contributed by atoms with Crippen LogP contribution in [0.25, 0.3) is 10.9 Å². The van der Waals surface area contributed by atoms with Crippen LogP contribution < -0.4 is 4.74 Å². The molecule has 110 valence electrons. The Labute approximate surface area is 128 Å². The number of esters is 1. The molecule has 0 N–H and O–H groups in total. The molecular weight excluding hydrogens is 278 g/mol. The first-order chi connectivity index (χ1) is 10.8. The SMILES string of the molecule is COC(=O)c1cccc(OCc2ccnc3ccccc23)c1. The van der Waals surface area contributed by atoms with Crippen LogP contribution in [0.2, 0.25) is 0 Å². The Hall–Kier alpha value is -2.88. The van der Waals surface area contributed by atoms with Crippen molar-refractivity contribution in [3.8, 4) is 5.75 Å². The van der Waals surface area contributed by atoms with E-state index in [0.717, 1.165) is 16.5 Å². The first-order valence-electron chi connectivity index (χ1n) is 6.92. The van der Waals surface area contributed by atoms with Gasteiger partial charge in [-0.2, -0.15) is 0 Å². The van der Waals surface area contributed by atoms with Gasteiger partial charge in [-0.15, -0.1) is 0 Å². The maximum Gasteiger partial charge on any atom is 0.337 e. The van der Waals surface area contributed by atoms with Gasteiger partial charge in [0.1, 0.15) is 12.4 Å². The van der Waals surface area contributed by atoms with Gasteiger partial charge >= 0.3 is 5.97 Å². The van der Waals surface area contributed by atoms with E-state index in [-0.39, 0.29) is 5.97 Å². The Bertz CT molecular complexity index is 809. The normalized spacial score (nSPS) is 10.4. The molecule has 22 heavy (non-hydrogen) atoms. The molecule has 0 unspecified atom stereocenters. The molecule has 3 aromatic rings. The van der Waals surface area contributed by atoms with Gasteiger partial charge in [-0.1, -0.05) is 24.3 Å². The Morgan fingerprint density at radius 1 is 1.09 bits per heavy atom. The lowest BCUT2D eigenvalue weighted by molar-refractivity contribution is 0.0600. The van der Waals surface area contributed by atoms with Crippen molar-refractivity contribution in [3.63, 3.8) is 0 Å². The predicted molar refractivity (Wildman–Crippen MR) is 83.9 cm³/mol. The molecule has 0 bridgehead atoms. The van der Waals surface area contributed by atoms with Crippen molar-refractivity contribution in [2.75, 3.05) is 7.11 Å². The van der Waals surface area contributed by atoms with Crippen LogP contribution in [-0.2, 0) is 11.3 Å². The van der Waals surface area contributed by atoms with Crippen molar-refractivity contribution in [1.29, 1.82) is 0 Å². The molecule has 1 heterocycles. The van der Waals surface area contributed by atoms with Crippen molar-refractivity contribution in [3.05, 3.63) is 71.9 Å². The number of para-hydroxylation sites is 1. The zero-order chi connectivity index (χ0) is 15.4. The van der Waals surface area contributed by atoms with Crippen LogP contribution in [0.3, 0.4) is 0 Å². The molecule has 1 aromatic heterocycles. The summed E-state index contributed by atoms with van der Waals surface area (Å²) in [6.07, 6.45) is 1.77. The van der Waals surface area contributed by atoms with Crippen LogP contribution in [0.5, 0.6) is 5.75 Å². The van der Waals surface area contributed by atoms with Crippen LogP contribution in [0, 0.1) is 0 Å². The largest absolute Gasteiger partial charge is 0.489 e.